The molecule has 116 valence electrons. The van der Waals surface area contributed by atoms with Gasteiger partial charge in [-0.3, -0.25) is 4.79 Å². The number of rotatable bonds is 3. The third-order valence-corrected chi connectivity index (χ3v) is 2.94. The molecule has 0 aliphatic carbocycles. The summed E-state index contributed by atoms with van der Waals surface area (Å²) < 4.78 is 0. The highest BCUT2D eigenvalue weighted by Crippen LogP contribution is 2.22. The Hall–Kier alpha value is -2.66. The second kappa shape index (κ2) is 7.38. The summed E-state index contributed by atoms with van der Waals surface area (Å²) in [5.74, 6) is -0.216. The van der Waals surface area contributed by atoms with Crippen LogP contribution in [-0.2, 0) is 4.79 Å². The lowest BCUT2D eigenvalue weighted by atomic mass is 10.1. The van der Waals surface area contributed by atoms with Crippen LogP contribution in [0.15, 0.2) is 42.5 Å². The number of hydrogen-bond donors (Lipinski definition) is 4. The molecule has 0 radical (unpaired) electrons. The average Bonchev–Trinajstić information content (AvgIpc) is 2.44. The first-order valence-electron chi connectivity index (χ1n) is 6.33. The molecule has 0 atom stereocenters. The number of aryl methyl sites for hydroxylation is 1. The maximum atomic E-state index is 11.8. The van der Waals surface area contributed by atoms with Crippen LogP contribution in [0.25, 0.3) is 6.08 Å². The molecule has 5 N–H and O–H groups in total. The van der Waals surface area contributed by atoms with Crippen LogP contribution in [0.4, 0.5) is 11.4 Å². The van der Waals surface area contributed by atoms with Gasteiger partial charge in [0.1, 0.15) is 11.5 Å². The molecule has 0 unspecified atom stereocenters. The van der Waals surface area contributed by atoms with Crippen LogP contribution < -0.4 is 11.1 Å². The lowest BCUT2D eigenvalue weighted by Crippen LogP contribution is -2.07. The number of anilines is 2. The Kier molecular flexibility index (Phi) is 5.83. The van der Waals surface area contributed by atoms with Gasteiger partial charge in [0.05, 0.1) is 0 Å². The number of amides is 1. The Balaban J connectivity index is 0.00000242. The van der Waals surface area contributed by atoms with E-state index in [9.17, 15) is 15.0 Å². The molecule has 2 aromatic carbocycles. The van der Waals surface area contributed by atoms with Crippen LogP contribution in [0, 0.1) is 6.92 Å². The number of nitrogen functional groups attached to an aromatic ring is 1. The van der Waals surface area contributed by atoms with E-state index in [2.05, 4.69) is 5.32 Å². The van der Waals surface area contributed by atoms with Gasteiger partial charge in [-0.1, -0.05) is 6.07 Å². The molecule has 0 bridgehead atoms. The minimum atomic E-state index is -0.375. The standard InChI is InChI=1S/C16H16N2O3.ClH/c1-10-2-5-13(9-15(10)20)18-16(21)7-3-11-8-12(17)4-6-14(11)19;/h2-9,19-20H,17H2,1H3,(H,18,21);1H/b7-3+;. The van der Waals surface area contributed by atoms with Gasteiger partial charge in [-0.25, -0.2) is 0 Å². The van der Waals surface area contributed by atoms with Gasteiger partial charge in [0.15, 0.2) is 0 Å². The van der Waals surface area contributed by atoms with Gasteiger partial charge >= 0.3 is 0 Å². The summed E-state index contributed by atoms with van der Waals surface area (Å²) in [6.07, 6.45) is 2.75. The minimum absolute atomic E-state index is 0. The molecular formula is C16H17ClN2O3. The van der Waals surface area contributed by atoms with Gasteiger partial charge < -0.3 is 21.3 Å². The summed E-state index contributed by atoms with van der Waals surface area (Å²) >= 11 is 0. The first-order chi connectivity index (χ1) is 9.95. The number of halogens is 1. The van der Waals surface area contributed by atoms with E-state index in [-0.39, 0.29) is 29.8 Å². The normalized spacial score (nSPS) is 10.2. The molecule has 0 aliphatic heterocycles. The van der Waals surface area contributed by atoms with Crippen molar-refractivity contribution in [3.8, 4) is 11.5 Å². The maximum absolute atomic E-state index is 11.8. The molecule has 0 saturated heterocycles. The Bertz CT molecular complexity index is 715. The van der Waals surface area contributed by atoms with Crippen molar-refractivity contribution in [2.75, 3.05) is 11.1 Å². The molecule has 0 heterocycles. The number of nitrogens with two attached hydrogens (primary N) is 1. The predicted molar refractivity (Wildman–Crippen MR) is 90.3 cm³/mol. The number of carbonyl (C=O) groups excluding carboxylic acids is 1. The van der Waals surface area contributed by atoms with Crippen molar-refractivity contribution >= 4 is 35.8 Å². The summed E-state index contributed by atoms with van der Waals surface area (Å²) in [4.78, 5) is 11.8. The number of nitrogens with one attached hydrogen (secondary N) is 1. The molecule has 0 spiro atoms. The van der Waals surface area contributed by atoms with Crippen molar-refractivity contribution < 1.29 is 15.0 Å². The highest BCUT2D eigenvalue weighted by Gasteiger charge is 2.02. The first kappa shape index (κ1) is 17.4. The van der Waals surface area contributed by atoms with Gasteiger partial charge in [0.2, 0.25) is 5.91 Å². The molecule has 0 aromatic heterocycles. The van der Waals surface area contributed by atoms with Crippen LogP contribution in [0.3, 0.4) is 0 Å². The highest BCUT2D eigenvalue weighted by atomic mass is 35.5. The number of hydrogen-bond acceptors (Lipinski definition) is 4. The Morgan fingerprint density at radius 1 is 1.14 bits per heavy atom. The molecule has 22 heavy (non-hydrogen) atoms. The van der Waals surface area contributed by atoms with Crippen LogP contribution in [0.5, 0.6) is 11.5 Å². The smallest absolute Gasteiger partial charge is 0.248 e. The van der Waals surface area contributed by atoms with Crippen LogP contribution in [0.1, 0.15) is 11.1 Å². The molecule has 5 nitrogen and oxygen atoms in total. The SMILES string of the molecule is Cc1ccc(NC(=O)/C=C/c2cc(N)ccc2O)cc1O.Cl. The maximum Gasteiger partial charge on any atom is 0.248 e. The summed E-state index contributed by atoms with van der Waals surface area (Å²) in [6, 6.07) is 9.47. The number of phenols is 2. The van der Waals surface area contributed by atoms with Crippen LogP contribution in [-0.4, -0.2) is 16.1 Å². The second-order valence-corrected chi connectivity index (χ2v) is 4.64. The van der Waals surface area contributed by atoms with E-state index in [0.29, 0.717) is 16.9 Å². The molecule has 0 aliphatic rings. The Morgan fingerprint density at radius 3 is 2.55 bits per heavy atom. The van der Waals surface area contributed by atoms with Gasteiger partial charge in [-0.15, -0.1) is 12.4 Å². The predicted octanol–water partition coefficient (Wildman–Crippen LogP) is 3.06. The quantitative estimate of drug-likeness (QED) is 0.397. The Labute approximate surface area is 134 Å². The molecule has 0 fully saturated rings. The zero-order chi connectivity index (χ0) is 15.4. The van der Waals surface area contributed by atoms with Crippen molar-refractivity contribution in [1.29, 1.82) is 0 Å². The van der Waals surface area contributed by atoms with E-state index in [1.54, 1.807) is 31.2 Å². The Morgan fingerprint density at radius 2 is 1.86 bits per heavy atom. The number of carbonyl (C=O) groups is 1. The van der Waals surface area contributed by atoms with E-state index < -0.39 is 0 Å². The number of aromatic hydroxyl groups is 2. The highest BCUT2D eigenvalue weighted by molar-refractivity contribution is 6.02. The topological polar surface area (TPSA) is 95.6 Å². The fourth-order valence-electron chi connectivity index (χ4n) is 1.74. The summed E-state index contributed by atoms with van der Waals surface area (Å²) in [6.45, 7) is 1.77. The zero-order valence-electron chi connectivity index (χ0n) is 11.9. The zero-order valence-corrected chi connectivity index (χ0v) is 12.7. The van der Waals surface area contributed by atoms with Crippen molar-refractivity contribution in [3.63, 3.8) is 0 Å². The summed E-state index contributed by atoms with van der Waals surface area (Å²) in [5, 5.41) is 21.8. The van der Waals surface area contributed by atoms with E-state index >= 15 is 0 Å². The second-order valence-electron chi connectivity index (χ2n) is 4.64. The fraction of sp³-hybridized carbons (Fsp3) is 0.0625. The van der Waals surface area contributed by atoms with Crippen LogP contribution >= 0.6 is 12.4 Å². The van der Waals surface area contributed by atoms with E-state index in [4.69, 9.17) is 5.73 Å². The van der Waals surface area contributed by atoms with Gasteiger partial charge in [0.25, 0.3) is 0 Å². The van der Waals surface area contributed by atoms with E-state index in [1.165, 1.54) is 24.3 Å². The molecular weight excluding hydrogens is 304 g/mol. The molecule has 2 aromatic rings. The lowest BCUT2D eigenvalue weighted by Gasteiger charge is -2.05. The van der Waals surface area contributed by atoms with Crippen molar-refractivity contribution in [3.05, 3.63) is 53.6 Å². The third-order valence-electron chi connectivity index (χ3n) is 2.94. The lowest BCUT2D eigenvalue weighted by molar-refractivity contribution is -0.111. The van der Waals surface area contributed by atoms with Crippen molar-refractivity contribution in [1.82, 2.24) is 0 Å². The number of benzene rings is 2. The van der Waals surface area contributed by atoms with Crippen molar-refractivity contribution in [2.45, 2.75) is 6.92 Å². The summed E-state index contributed by atoms with van der Waals surface area (Å²) in [5.41, 5.74) is 7.79. The minimum Gasteiger partial charge on any atom is -0.508 e. The van der Waals surface area contributed by atoms with Gasteiger partial charge in [-0.05, 0) is 42.8 Å². The van der Waals surface area contributed by atoms with E-state index in [1.807, 2.05) is 0 Å². The molecule has 6 heteroatoms. The molecule has 1 amide bonds. The largest absolute Gasteiger partial charge is 0.508 e. The molecule has 2 rings (SSSR count). The average molecular weight is 321 g/mol. The van der Waals surface area contributed by atoms with E-state index in [0.717, 1.165) is 5.56 Å². The third kappa shape index (κ3) is 4.43. The van der Waals surface area contributed by atoms with Crippen LogP contribution in [0.2, 0.25) is 0 Å². The van der Waals surface area contributed by atoms with Gasteiger partial charge in [-0.2, -0.15) is 0 Å². The molecule has 0 saturated carbocycles. The van der Waals surface area contributed by atoms with Gasteiger partial charge in [0, 0.05) is 29.1 Å². The fourth-order valence-corrected chi connectivity index (χ4v) is 1.74. The summed E-state index contributed by atoms with van der Waals surface area (Å²) in [7, 11) is 0. The number of phenolic OH excluding ortho intramolecular Hbond substituents is 2. The monoisotopic (exact) mass is 320 g/mol. The van der Waals surface area contributed by atoms with Crippen molar-refractivity contribution in [2.24, 2.45) is 0 Å². The first-order valence-corrected chi connectivity index (χ1v) is 6.33.